The molecule has 0 aliphatic carbocycles. The number of halogens is 2. The molecule has 1 aliphatic rings. The molecule has 25 heavy (non-hydrogen) atoms. The number of rotatable bonds is 4. The molecule has 136 valence electrons. The van der Waals surface area contributed by atoms with E-state index in [-0.39, 0.29) is 35.8 Å². The minimum Gasteiger partial charge on any atom is -0.369 e. The average Bonchev–Trinajstić information content (AvgIpc) is 3.12. The molecular weight excluding hydrogens is 436 g/mol. The Bertz CT molecular complexity index is 679. The van der Waals surface area contributed by atoms with Crippen LogP contribution in [0.3, 0.4) is 0 Å². The van der Waals surface area contributed by atoms with Crippen molar-refractivity contribution in [3.63, 3.8) is 0 Å². The SMILES string of the molecule is CN=C(NCc1ccon1)NC1CCCN(c2cccc(F)c2)C1.I. The number of piperidine rings is 1. The van der Waals surface area contributed by atoms with Gasteiger partial charge in [0.2, 0.25) is 0 Å². The van der Waals surface area contributed by atoms with Crippen LogP contribution in [0, 0.1) is 5.82 Å². The van der Waals surface area contributed by atoms with Gasteiger partial charge in [0.05, 0.1) is 6.54 Å². The number of nitrogens with zero attached hydrogens (tertiary/aromatic N) is 3. The molecule has 8 heteroatoms. The van der Waals surface area contributed by atoms with E-state index in [2.05, 4.69) is 25.7 Å². The zero-order valence-electron chi connectivity index (χ0n) is 14.1. The van der Waals surface area contributed by atoms with Gasteiger partial charge in [0.15, 0.2) is 5.96 Å². The molecule has 1 atom stereocenters. The Morgan fingerprint density at radius 1 is 1.44 bits per heavy atom. The summed E-state index contributed by atoms with van der Waals surface area (Å²) in [6.07, 6.45) is 3.65. The summed E-state index contributed by atoms with van der Waals surface area (Å²) in [5.41, 5.74) is 1.75. The van der Waals surface area contributed by atoms with Gasteiger partial charge < -0.3 is 20.1 Å². The molecule has 1 unspecified atom stereocenters. The van der Waals surface area contributed by atoms with Crippen molar-refractivity contribution in [1.29, 1.82) is 0 Å². The molecule has 6 nitrogen and oxygen atoms in total. The summed E-state index contributed by atoms with van der Waals surface area (Å²) in [7, 11) is 1.74. The van der Waals surface area contributed by atoms with Gasteiger partial charge in [-0.3, -0.25) is 4.99 Å². The molecule has 0 amide bonds. The van der Waals surface area contributed by atoms with Crippen LogP contribution >= 0.6 is 24.0 Å². The Hall–Kier alpha value is -1.84. The van der Waals surface area contributed by atoms with Crippen molar-refractivity contribution < 1.29 is 8.91 Å². The van der Waals surface area contributed by atoms with E-state index in [9.17, 15) is 4.39 Å². The third kappa shape index (κ3) is 5.58. The second-order valence-electron chi connectivity index (χ2n) is 5.83. The lowest BCUT2D eigenvalue weighted by Gasteiger charge is -2.35. The molecule has 2 N–H and O–H groups in total. The topological polar surface area (TPSA) is 65.7 Å². The highest BCUT2D eigenvalue weighted by atomic mass is 127. The second-order valence-corrected chi connectivity index (χ2v) is 5.83. The van der Waals surface area contributed by atoms with Gasteiger partial charge in [-0.1, -0.05) is 11.2 Å². The minimum atomic E-state index is -0.201. The van der Waals surface area contributed by atoms with Gasteiger partial charge >= 0.3 is 0 Å². The number of guanidine groups is 1. The number of aliphatic imine (C=N–C) groups is 1. The maximum Gasteiger partial charge on any atom is 0.191 e. The zero-order chi connectivity index (χ0) is 16.8. The predicted molar refractivity (Wildman–Crippen MR) is 107 cm³/mol. The van der Waals surface area contributed by atoms with Crippen LogP contribution in [0.5, 0.6) is 0 Å². The van der Waals surface area contributed by atoms with Gasteiger partial charge in [-0.2, -0.15) is 0 Å². The van der Waals surface area contributed by atoms with E-state index in [1.165, 1.54) is 6.07 Å². The first kappa shape index (κ1) is 19.5. The van der Waals surface area contributed by atoms with E-state index in [1.54, 1.807) is 25.4 Å². The van der Waals surface area contributed by atoms with Crippen molar-refractivity contribution in [2.24, 2.45) is 4.99 Å². The second kappa shape index (κ2) is 9.59. The normalized spacial score (nSPS) is 17.8. The Kier molecular flexibility index (Phi) is 7.48. The predicted octanol–water partition coefficient (Wildman–Crippen LogP) is 2.77. The van der Waals surface area contributed by atoms with E-state index in [0.29, 0.717) is 6.54 Å². The van der Waals surface area contributed by atoms with E-state index in [4.69, 9.17) is 4.52 Å². The molecule has 1 aliphatic heterocycles. The molecule has 2 heterocycles. The van der Waals surface area contributed by atoms with Crippen molar-refractivity contribution in [2.45, 2.75) is 25.4 Å². The summed E-state index contributed by atoms with van der Waals surface area (Å²) in [4.78, 5) is 6.45. The quantitative estimate of drug-likeness (QED) is 0.419. The fourth-order valence-corrected chi connectivity index (χ4v) is 2.89. The fraction of sp³-hybridized carbons (Fsp3) is 0.412. The van der Waals surface area contributed by atoms with Crippen LogP contribution in [0.2, 0.25) is 0 Å². The monoisotopic (exact) mass is 459 g/mol. The summed E-state index contributed by atoms with van der Waals surface area (Å²) < 4.78 is 18.2. The number of aromatic nitrogens is 1. The van der Waals surface area contributed by atoms with Crippen LogP contribution < -0.4 is 15.5 Å². The van der Waals surface area contributed by atoms with E-state index in [0.717, 1.165) is 43.3 Å². The minimum absolute atomic E-state index is 0. The fourth-order valence-electron chi connectivity index (χ4n) is 2.89. The molecule has 0 saturated carbocycles. The van der Waals surface area contributed by atoms with Crippen LogP contribution in [-0.4, -0.2) is 37.3 Å². The molecule has 2 aromatic rings. The molecule has 1 aromatic heterocycles. The lowest BCUT2D eigenvalue weighted by atomic mass is 10.0. The van der Waals surface area contributed by atoms with E-state index in [1.807, 2.05) is 12.1 Å². The highest BCUT2D eigenvalue weighted by Crippen LogP contribution is 2.20. The summed E-state index contributed by atoms with van der Waals surface area (Å²) in [6, 6.07) is 8.82. The first-order valence-electron chi connectivity index (χ1n) is 8.11. The molecule has 1 saturated heterocycles. The summed E-state index contributed by atoms with van der Waals surface area (Å²) in [5.74, 6) is 0.525. The maximum atomic E-state index is 13.4. The molecular formula is C17H23FIN5O. The van der Waals surface area contributed by atoms with Crippen molar-refractivity contribution in [3.8, 4) is 0 Å². The van der Waals surface area contributed by atoms with Crippen LogP contribution in [0.4, 0.5) is 10.1 Å². The van der Waals surface area contributed by atoms with E-state index >= 15 is 0 Å². The van der Waals surface area contributed by atoms with Crippen molar-refractivity contribution in [3.05, 3.63) is 48.1 Å². The summed E-state index contributed by atoms with van der Waals surface area (Å²) in [5, 5.41) is 10.5. The first-order valence-corrected chi connectivity index (χ1v) is 8.11. The Morgan fingerprint density at radius 2 is 2.32 bits per heavy atom. The molecule has 1 aromatic carbocycles. The summed E-state index contributed by atoms with van der Waals surface area (Å²) in [6.45, 7) is 2.30. The number of anilines is 1. The number of hydrogen-bond acceptors (Lipinski definition) is 4. The highest BCUT2D eigenvalue weighted by Gasteiger charge is 2.21. The van der Waals surface area contributed by atoms with Crippen molar-refractivity contribution >= 4 is 35.6 Å². The lowest BCUT2D eigenvalue weighted by Crippen LogP contribution is -2.51. The highest BCUT2D eigenvalue weighted by molar-refractivity contribution is 14.0. The number of benzene rings is 1. The molecule has 3 rings (SSSR count). The van der Waals surface area contributed by atoms with Gasteiger partial charge in [0.1, 0.15) is 17.8 Å². The first-order chi connectivity index (χ1) is 11.7. The molecule has 1 fully saturated rings. The van der Waals surface area contributed by atoms with Gasteiger partial charge in [0, 0.05) is 37.9 Å². The Labute approximate surface area is 163 Å². The van der Waals surface area contributed by atoms with Crippen LogP contribution in [0.1, 0.15) is 18.5 Å². The molecule has 0 radical (unpaired) electrons. The zero-order valence-corrected chi connectivity index (χ0v) is 16.4. The van der Waals surface area contributed by atoms with E-state index < -0.39 is 0 Å². The van der Waals surface area contributed by atoms with Gasteiger partial charge in [-0.05, 0) is 31.0 Å². The molecule has 0 bridgehead atoms. The Morgan fingerprint density at radius 3 is 3.04 bits per heavy atom. The van der Waals surface area contributed by atoms with Crippen molar-refractivity contribution in [1.82, 2.24) is 15.8 Å². The van der Waals surface area contributed by atoms with Crippen LogP contribution in [0.15, 0.2) is 46.1 Å². The Balaban J connectivity index is 0.00000225. The van der Waals surface area contributed by atoms with Crippen LogP contribution in [0.25, 0.3) is 0 Å². The summed E-state index contributed by atoms with van der Waals surface area (Å²) >= 11 is 0. The standard InChI is InChI=1S/C17H22FN5O.HI/c1-19-17(20-11-14-7-9-24-22-14)21-15-5-3-8-23(12-15)16-6-2-4-13(18)10-16;/h2,4,6-7,9-10,15H,3,5,8,11-12H2,1H3,(H2,19,20,21);1H. The number of nitrogens with one attached hydrogen (secondary N) is 2. The largest absolute Gasteiger partial charge is 0.369 e. The van der Waals surface area contributed by atoms with Gasteiger partial charge in [-0.25, -0.2) is 4.39 Å². The van der Waals surface area contributed by atoms with Gasteiger partial charge in [0.25, 0.3) is 0 Å². The maximum absolute atomic E-state index is 13.4. The van der Waals surface area contributed by atoms with Crippen molar-refractivity contribution in [2.75, 3.05) is 25.0 Å². The lowest BCUT2D eigenvalue weighted by molar-refractivity contribution is 0.410. The third-order valence-corrected chi connectivity index (χ3v) is 4.09. The van der Waals surface area contributed by atoms with Crippen LogP contribution in [-0.2, 0) is 6.54 Å². The molecule has 0 spiro atoms. The van der Waals surface area contributed by atoms with Gasteiger partial charge in [-0.15, -0.1) is 24.0 Å². The average molecular weight is 459 g/mol. The third-order valence-electron chi connectivity index (χ3n) is 4.09. The number of hydrogen-bond donors (Lipinski definition) is 2. The smallest absolute Gasteiger partial charge is 0.191 e.